The fourth-order valence-electron chi connectivity index (χ4n) is 0.859. The molecular weight excluding hydrogens is 197 g/mol. The van der Waals surface area contributed by atoms with Gasteiger partial charge in [-0.05, 0) is 12.1 Å². The summed E-state index contributed by atoms with van der Waals surface area (Å²) in [4.78, 5) is 11.9. The lowest BCUT2D eigenvalue weighted by Gasteiger charge is -1.95. The Morgan fingerprint density at radius 2 is 1.83 bits per heavy atom. The maximum Gasteiger partial charge on any atom is 0.179 e. The van der Waals surface area contributed by atoms with E-state index in [1.165, 1.54) is 6.20 Å². The summed E-state index contributed by atoms with van der Waals surface area (Å²) in [7, 11) is 0. The second kappa shape index (κ2) is 2.84. The molecule has 3 nitrogen and oxygen atoms in total. The van der Waals surface area contributed by atoms with Crippen LogP contribution in [0.25, 0.3) is 11.2 Å². The number of pyridine rings is 1. The minimum absolute atomic E-state index is 0.353. The molecule has 2 aromatic heterocycles. The predicted octanol–water partition coefficient (Wildman–Crippen LogP) is 2.33. The normalized spacial score (nSPS) is 10.5. The van der Waals surface area contributed by atoms with Crippen molar-refractivity contribution in [3.8, 4) is 0 Å². The third-order valence-electron chi connectivity index (χ3n) is 1.34. The van der Waals surface area contributed by atoms with Gasteiger partial charge in [0.2, 0.25) is 0 Å². The Labute approximate surface area is 78.4 Å². The van der Waals surface area contributed by atoms with Gasteiger partial charge in [-0.1, -0.05) is 23.2 Å². The Morgan fingerprint density at radius 3 is 2.67 bits per heavy atom. The van der Waals surface area contributed by atoms with E-state index in [0.29, 0.717) is 21.5 Å². The van der Waals surface area contributed by atoms with Crippen LogP contribution in [0.5, 0.6) is 0 Å². The van der Waals surface area contributed by atoms with Crippen molar-refractivity contribution in [2.45, 2.75) is 0 Å². The summed E-state index contributed by atoms with van der Waals surface area (Å²) in [6.07, 6.45) is 1.44. The van der Waals surface area contributed by atoms with Crippen LogP contribution in [0.4, 0.5) is 0 Å². The second-order valence-electron chi connectivity index (χ2n) is 2.17. The fraction of sp³-hybridized carbons (Fsp3) is 0. The quantitative estimate of drug-likeness (QED) is 0.612. The molecule has 60 valence electrons. The van der Waals surface area contributed by atoms with Crippen LogP contribution in [0.1, 0.15) is 0 Å². The molecule has 2 rings (SSSR count). The van der Waals surface area contributed by atoms with Crippen LogP contribution in [0.3, 0.4) is 0 Å². The molecule has 0 unspecified atom stereocenters. The molecule has 0 fully saturated rings. The van der Waals surface area contributed by atoms with E-state index in [1.54, 1.807) is 12.1 Å². The van der Waals surface area contributed by atoms with E-state index in [1.807, 2.05) is 0 Å². The van der Waals surface area contributed by atoms with Crippen LogP contribution in [-0.2, 0) is 0 Å². The van der Waals surface area contributed by atoms with Gasteiger partial charge in [0.05, 0.1) is 6.20 Å². The molecule has 0 saturated heterocycles. The van der Waals surface area contributed by atoms with Crippen molar-refractivity contribution in [1.82, 2.24) is 15.0 Å². The number of halogens is 2. The molecule has 0 bridgehead atoms. The molecule has 0 aromatic carbocycles. The first kappa shape index (κ1) is 7.71. The minimum Gasteiger partial charge on any atom is -0.232 e. The van der Waals surface area contributed by atoms with Gasteiger partial charge in [0.1, 0.15) is 15.8 Å². The van der Waals surface area contributed by atoms with Crippen molar-refractivity contribution >= 4 is 34.4 Å². The molecule has 0 saturated carbocycles. The van der Waals surface area contributed by atoms with E-state index < -0.39 is 0 Å². The molecule has 2 aromatic rings. The molecule has 0 atom stereocenters. The highest BCUT2D eigenvalue weighted by atomic mass is 35.5. The zero-order valence-corrected chi connectivity index (χ0v) is 7.34. The lowest BCUT2D eigenvalue weighted by Crippen LogP contribution is -1.87. The summed E-state index contributed by atoms with van der Waals surface area (Å²) in [5.74, 6) is 0. The zero-order valence-electron chi connectivity index (χ0n) is 5.83. The summed E-state index contributed by atoms with van der Waals surface area (Å²) in [5.41, 5.74) is 1.15. The molecule has 0 aliphatic heterocycles. The number of aromatic nitrogens is 3. The lowest BCUT2D eigenvalue weighted by atomic mass is 10.4. The van der Waals surface area contributed by atoms with Gasteiger partial charge in [-0.15, -0.1) is 0 Å². The standard InChI is InChI=1S/C7H3Cl2N3/c8-5-2-1-4-7(12-5)10-3-6(9)11-4/h1-3H. The van der Waals surface area contributed by atoms with Gasteiger partial charge in [-0.2, -0.15) is 0 Å². The minimum atomic E-state index is 0.353. The highest BCUT2D eigenvalue weighted by Gasteiger charge is 1.98. The van der Waals surface area contributed by atoms with Crippen molar-refractivity contribution in [2.75, 3.05) is 0 Å². The number of hydrogen-bond acceptors (Lipinski definition) is 3. The van der Waals surface area contributed by atoms with Gasteiger partial charge in [0, 0.05) is 0 Å². The van der Waals surface area contributed by atoms with Crippen LogP contribution in [0.15, 0.2) is 18.3 Å². The summed E-state index contributed by atoms with van der Waals surface area (Å²) in [6.45, 7) is 0. The first-order valence-corrected chi connectivity index (χ1v) is 3.96. The van der Waals surface area contributed by atoms with Crippen LogP contribution in [0, 0.1) is 0 Å². The van der Waals surface area contributed by atoms with Gasteiger partial charge in [-0.25, -0.2) is 15.0 Å². The summed E-state index contributed by atoms with van der Waals surface area (Å²) >= 11 is 11.3. The van der Waals surface area contributed by atoms with Crippen LogP contribution in [-0.4, -0.2) is 15.0 Å². The van der Waals surface area contributed by atoms with Gasteiger partial charge in [-0.3, -0.25) is 0 Å². The summed E-state index contributed by atoms with van der Waals surface area (Å²) < 4.78 is 0. The van der Waals surface area contributed by atoms with Crippen LogP contribution in [0.2, 0.25) is 10.3 Å². The Hall–Kier alpha value is -0.930. The zero-order chi connectivity index (χ0) is 8.55. The van der Waals surface area contributed by atoms with E-state index in [0.717, 1.165) is 0 Å². The van der Waals surface area contributed by atoms with E-state index >= 15 is 0 Å². The molecule has 0 amide bonds. The molecule has 5 heteroatoms. The lowest BCUT2D eigenvalue weighted by molar-refractivity contribution is 1.22. The molecule has 0 radical (unpaired) electrons. The van der Waals surface area contributed by atoms with Gasteiger partial charge >= 0.3 is 0 Å². The van der Waals surface area contributed by atoms with E-state index in [-0.39, 0.29) is 0 Å². The monoisotopic (exact) mass is 199 g/mol. The van der Waals surface area contributed by atoms with Crippen molar-refractivity contribution in [3.05, 3.63) is 28.6 Å². The molecule has 0 aliphatic rings. The summed E-state index contributed by atoms with van der Waals surface area (Å²) in [5, 5.41) is 0.755. The van der Waals surface area contributed by atoms with Gasteiger partial charge in [0.25, 0.3) is 0 Å². The number of rotatable bonds is 0. The first-order chi connectivity index (χ1) is 5.75. The summed E-state index contributed by atoms with van der Waals surface area (Å²) in [6, 6.07) is 3.37. The largest absolute Gasteiger partial charge is 0.232 e. The van der Waals surface area contributed by atoms with Crippen molar-refractivity contribution in [1.29, 1.82) is 0 Å². The maximum atomic E-state index is 5.65. The van der Waals surface area contributed by atoms with Crippen molar-refractivity contribution in [3.63, 3.8) is 0 Å². The smallest absolute Gasteiger partial charge is 0.179 e. The van der Waals surface area contributed by atoms with E-state index in [4.69, 9.17) is 23.2 Å². The Kier molecular flexibility index (Phi) is 1.83. The maximum absolute atomic E-state index is 5.65. The molecule has 0 N–H and O–H groups in total. The van der Waals surface area contributed by atoms with Crippen LogP contribution < -0.4 is 0 Å². The highest BCUT2D eigenvalue weighted by molar-refractivity contribution is 6.30. The molecule has 12 heavy (non-hydrogen) atoms. The SMILES string of the molecule is Clc1cnc2nc(Cl)ccc2n1. The average Bonchev–Trinajstić information content (AvgIpc) is 2.05. The van der Waals surface area contributed by atoms with E-state index in [9.17, 15) is 0 Å². The number of fused-ring (bicyclic) bond motifs is 1. The second-order valence-corrected chi connectivity index (χ2v) is 2.94. The molecule has 0 spiro atoms. The Balaban J connectivity index is 2.79. The Bertz CT molecular complexity index is 389. The number of hydrogen-bond donors (Lipinski definition) is 0. The topological polar surface area (TPSA) is 38.7 Å². The molecule has 0 aliphatic carbocycles. The van der Waals surface area contributed by atoms with Crippen molar-refractivity contribution < 1.29 is 0 Å². The third-order valence-corrected chi connectivity index (χ3v) is 1.73. The fourth-order valence-corrected chi connectivity index (χ4v) is 1.14. The van der Waals surface area contributed by atoms with Crippen LogP contribution >= 0.6 is 23.2 Å². The average molecular weight is 200 g/mol. The third kappa shape index (κ3) is 1.33. The molecular formula is C7H3Cl2N3. The highest BCUT2D eigenvalue weighted by Crippen LogP contribution is 2.13. The van der Waals surface area contributed by atoms with Gasteiger partial charge < -0.3 is 0 Å². The first-order valence-electron chi connectivity index (χ1n) is 3.20. The van der Waals surface area contributed by atoms with Crippen molar-refractivity contribution in [2.24, 2.45) is 0 Å². The molecule has 2 heterocycles. The predicted molar refractivity (Wildman–Crippen MR) is 47.4 cm³/mol. The number of nitrogens with zero attached hydrogens (tertiary/aromatic N) is 3. The van der Waals surface area contributed by atoms with Gasteiger partial charge in [0.15, 0.2) is 5.65 Å². The van der Waals surface area contributed by atoms with E-state index in [2.05, 4.69) is 15.0 Å². The Morgan fingerprint density at radius 1 is 1.00 bits per heavy atom.